The molecule has 0 spiro atoms. The third-order valence-electron chi connectivity index (χ3n) is 5.97. The maximum atomic E-state index is 12.8. The van der Waals surface area contributed by atoms with Gasteiger partial charge in [0.1, 0.15) is 11.5 Å². The maximum absolute atomic E-state index is 12.8. The number of hydrogen-bond acceptors (Lipinski definition) is 4. The van der Waals surface area contributed by atoms with Gasteiger partial charge in [-0.15, -0.1) is 0 Å². The van der Waals surface area contributed by atoms with Crippen molar-refractivity contribution in [2.24, 2.45) is 11.8 Å². The molecule has 0 aliphatic carbocycles. The van der Waals surface area contributed by atoms with Crippen LogP contribution in [0.15, 0.2) is 24.3 Å². The maximum Gasteiger partial charge on any atom is 0.225 e. The van der Waals surface area contributed by atoms with Gasteiger partial charge < -0.3 is 19.3 Å². The third-order valence-corrected chi connectivity index (χ3v) is 5.97. The van der Waals surface area contributed by atoms with E-state index in [0.29, 0.717) is 18.9 Å². The van der Waals surface area contributed by atoms with Crippen LogP contribution in [0.4, 0.5) is 0 Å². The van der Waals surface area contributed by atoms with Gasteiger partial charge in [-0.3, -0.25) is 9.59 Å². The Hall–Kier alpha value is -2.24. The molecule has 28 heavy (non-hydrogen) atoms. The number of benzene rings is 1. The number of nitrogens with zero attached hydrogens (tertiary/aromatic N) is 2. The van der Waals surface area contributed by atoms with Crippen LogP contribution < -0.4 is 9.47 Å². The molecular formula is C22H32N2O4. The summed E-state index contributed by atoms with van der Waals surface area (Å²) in [5.41, 5.74) is 0. The van der Waals surface area contributed by atoms with Gasteiger partial charge in [-0.2, -0.15) is 0 Å². The minimum absolute atomic E-state index is 0.0769. The first-order chi connectivity index (χ1) is 13.6. The standard InChI is InChI=1S/C22H32N2O4/c1-3-21(25)23-14-10-18(11-15-23)22(26)24-12-8-17(9-13-24)16-28-20-6-4-19(27-2)5-7-20/h4-7,17-18H,3,8-16H2,1-2H3. The molecule has 154 valence electrons. The van der Waals surface area contributed by atoms with Crippen LogP contribution in [-0.4, -0.2) is 61.5 Å². The Morgan fingerprint density at radius 3 is 2.07 bits per heavy atom. The number of carbonyl (C=O) groups excluding carboxylic acids is 2. The number of piperidine rings is 2. The van der Waals surface area contributed by atoms with Crippen LogP contribution in [0.3, 0.4) is 0 Å². The van der Waals surface area contributed by atoms with E-state index in [1.54, 1.807) is 7.11 Å². The number of rotatable bonds is 6. The van der Waals surface area contributed by atoms with E-state index in [1.165, 1.54) is 0 Å². The third kappa shape index (κ3) is 5.18. The zero-order chi connectivity index (χ0) is 19.9. The lowest BCUT2D eigenvalue weighted by Gasteiger charge is -2.37. The zero-order valence-corrected chi connectivity index (χ0v) is 17.1. The van der Waals surface area contributed by atoms with Gasteiger partial charge in [0.05, 0.1) is 13.7 Å². The lowest BCUT2D eigenvalue weighted by atomic mass is 9.92. The van der Waals surface area contributed by atoms with Crippen molar-refractivity contribution in [2.45, 2.75) is 39.0 Å². The number of hydrogen-bond donors (Lipinski definition) is 0. The SMILES string of the molecule is CCC(=O)N1CCC(C(=O)N2CCC(COc3ccc(OC)cc3)CC2)CC1. The summed E-state index contributed by atoms with van der Waals surface area (Å²) in [5, 5.41) is 0. The van der Waals surface area contributed by atoms with Crippen molar-refractivity contribution in [3.63, 3.8) is 0 Å². The molecule has 6 heteroatoms. The summed E-state index contributed by atoms with van der Waals surface area (Å²) in [6, 6.07) is 7.65. The van der Waals surface area contributed by atoms with Crippen LogP contribution in [0.2, 0.25) is 0 Å². The van der Waals surface area contributed by atoms with E-state index in [4.69, 9.17) is 9.47 Å². The molecule has 2 heterocycles. The molecule has 0 unspecified atom stereocenters. The van der Waals surface area contributed by atoms with Crippen LogP contribution in [0.25, 0.3) is 0 Å². The highest BCUT2D eigenvalue weighted by Gasteiger charge is 2.31. The first-order valence-corrected chi connectivity index (χ1v) is 10.4. The highest BCUT2D eigenvalue weighted by Crippen LogP contribution is 2.25. The van der Waals surface area contributed by atoms with E-state index in [2.05, 4.69) is 0 Å². The number of methoxy groups -OCH3 is 1. The Bertz CT molecular complexity index is 645. The second-order valence-electron chi connectivity index (χ2n) is 7.76. The average Bonchev–Trinajstić information content (AvgIpc) is 2.77. The number of amides is 2. The van der Waals surface area contributed by atoms with Crippen LogP contribution >= 0.6 is 0 Å². The average molecular weight is 389 g/mol. The summed E-state index contributed by atoms with van der Waals surface area (Å²) in [7, 11) is 1.65. The molecule has 0 bridgehead atoms. The van der Waals surface area contributed by atoms with Gasteiger partial charge in [-0.1, -0.05) is 6.92 Å². The molecule has 3 rings (SSSR count). The lowest BCUT2D eigenvalue weighted by Crippen LogP contribution is -2.46. The monoisotopic (exact) mass is 388 g/mol. The van der Waals surface area contributed by atoms with E-state index in [1.807, 2.05) is 41.0 Å². The van der Waals surface area contributed by atoms with Crippen LogP contribution in [0.1, 0.15) is 39.0 Å². The van der Waals surface area contributed by atoms with Gasteiger partial charge in [0, 0.05) is 38.5 Å². The number of ether oxygens (including phenoxy) is 2. The quantitative estimate of drug-likeness (QED) is 0.752. The molecule has 6 nitrogen and oxygen atoms in total. The molecule has 2 amide bonds. The first kappa shape index (κ1) is 20.5. The minimum Gasteiger partial charge on any atom is -0.497 e. The van der Waals surface area contributed by atoms with Gasteiger partial charge in [0.25, 0.3) is 0 Å². The zero-order valence-electron chi connectivity index (χ0n) is 17.1. The normalized spacial score (nSPS) is 18.8. The van der Waals surface area contributed by atoms with Gasteiger partial charge in [0.15, 0.2) is 0 Å². The van der Waals surface area contributed by atoms with Crippen molar-refractivity contribution in [3.8, 4) is 11.5 Å². The highest BCUT2D eigenvalue weighted by molar-refractivity contribution is 5.80. The van der Waals surface area contributed by atoms with E-state index in [0.717, 1.165) is 63.4 Å². The van der Waals surface area contributed by atoms with E-state index in [-0.39, 0.29) is 17.7 Å². The Balaban J connectivity index is 1.38. The molecule has 0 atom stereocenters. The molecule has 2 aliphatic heterocycles. The number of carbonyl (C=O) groups is 2. The van der Waals surface area contributed by atoms with Gasteiger partial charge >= 0.3 is 0 Å². The van der Waals surface area contributed by atoms with Gasteiger partial charge in [0.2, 0.25) is 11.8 Å². The fourth-order valence-electron chi connectivity index (χ4n) is 4.06. The van der Waals surface area contributed by atoms with E-state index in [9.17, 15) is 9.59 Å². The summed E-state index contributed by atoms with van der Waals surface area (Å²) in [6.45, 7) is 5.63. The van der Waals surface area contributed by atoms with Gasteiger partial charge in [-0.25, -0.2) is 0 Å². The van der Waals surface area contributed by atoms with Crippen molar-refractivity contribution in [3.05, 3.63) is 24.3 Å². The summed E-state index contributed by atoms with van der Waals surface area (Å²) in [5.74, 6) is 2.71. The Morgan fingerprint density at radius 2 is 1.50 bits per heavy atom. The Morgan fingerprint density at radius 1 is 0.929 bits per heavy atom. The van der Waals surface area contributed by atoms with Crippen molar-refractivity contribution >= 4 is 11.8 Å². The summed E-state index contributed by atoms with van der Waals surface area (Å²) < 4.78 is 11.1. The van der Waals surface area contributed by atoms with Crippen molar-refractivity contribution in [2.75, 3.05) is 39.9 Å². The highest BCUT2D eigenvalue weighted by atomic mass is 16.5. The largest absolute Gasteiger partial charge is 0.497 e. The second kappa shape index (κ2) is 9.80. The summed E-state index contributed by atoms with van der Waals surface area (Å²) in [6.07, 6.45) is 4.10. The van der Waals surface area contributed by atoms with Gasteiger partial charge in [-0.05, 0) is 55.9 Å². The molecule has 0 saturated carbocycles. The van der Waals surface area contributed by atoms with Crippen molar-refractivity contribution in [1.29, 1.82) is 0 Å². The van der Waals surface area contributed by atoms with Crippen LogP contribution in [-0.2, 0) is 9.59 Å². The van der Waals surface area contributed by atoms with Crippen molar-refractivity contribution < 1.29 is 19.1 Å². The summed E-state index contributed by atoms with van der Waals surface area (Å²) in [4.78, 5) is 28.5. The van der Waals surface area contributed by atoms with E-state index >= 15 is 0 Å². The minimum atomic E-state index is 0.0769. The molecule has 1 aromatic carbocycles. The molecule has 0 N–H and O–H groups in total. The van der Waals surface area contributed by atoms with E-state index < -0.39 is 0 Å². The topological polar surface area (TPSA) is 59.1 Å². The fourth-order valence-corrected chi connectivity index (χ4v) is 4.06. The second-order valence-corrected chi connectivity index (χ2v) is 7.76. The smallest absolute Gasteiger partial charge is 0.225 e. The predicted octanol–water partition coefficient (Wildman–Crippen LogP) is 2.96. The van der Waals surface area contributed by atoms with Crippen LogP contribution in [0.5, 0.6) is 11.5 Å². The molecule has 2 saturated heterocycles. The lowest BCUT2D eigenvalue weighted by molar-refractivity contribution is -0.141. The van der Waals surface area contributed by atoms with Crippen LogP contribution in [0, 0.1) is 11.8 Å². The predicted molar refractivity (Wildman–Crippen MR) is 107 cm³/mol. The molecule has 2 aliphatic rings. The Kier molecular flexibility index (Phi) is 7.18. The molecule has 0 radical (unpaired) electrons. The molecule has 0 aromatic heterocycles. The molecular weight excluding hydrogens is 356 g/mol. The molecule has 2 fully saturated rings. The fraction of sp³-hybridized carbons (Fsp3) is 0.636. The Labute approximate surface area is 167 Å². The number of likely N-dealkylation sites (tertiary alicyclic amines) is 2. The summed E-state index contributed by atoms with van der Waals surface area (Å²) >= 11 is 0. The van der Waals surface area contributed by atoms with Crippen molar-refractivity contribution in [1.82, 2.24) is 9.80 Å². The first-order valence-electron chi connectivity index (χ1n) is 10.4. The molecule has 1 aromatic rings.